The Labute approximate surface area is 95.8 Å². The first kappa shape index (κ1) is 12.3. The SMILES string of the molecule is CCOCC(C)Nc1ccc(Cl)nc1C. The maximum absolute atomic E-state index is 5.77. The van der Waals surface area contributed by atoms with Crippen LogP contribution in [0.5, 0.6) is 0 Å². The molecule has 0 fully saturated rings. The molecule has 0 aliphatic carbocycles. The minimum Gasteiger partial charge on any atom is -0.380 e. The van der Waals surface area contributed by atoms with E-state index >= 15 is 0 Å². The van der Waals surface area contributed by atoms with E-state index in [1.54, 1.807) is 6.07 Å². The van der Waals surface area contributed by atoms with Crippen molar-refractivity contribution in [1.82, 2.24) is 4.98 Å². The molecule has 4 heteroatoms. The van der Waals surface area contributed by atoms with Crippen LogP contribution in [0.3, 0.4) is 0 Å². The number of aromatic nitrogens is 1. The van der Waals surface area contributed by atoms with Gasteiger partial charge in [0.15, 0.2) is 0 Å². The number of pyridine rings is 1. The molecule has 0 radical (unpaired) electrons. The molecular weight excluding hydrogens is 212 g/mol. The van der Waals surface area contributed by atoms with Crippen molar-refractivity contribution in [2.75, 3.05) is 18.5 Å². The van der Waals surface area contributed by atoms with Crippen LogP contribution in [0, 0.1) is 6.92 Å². The second-order valence-electron chi connectivity index (χ2n) is 3.47. The highest BCUT2D eigenvalue weighted by atomic mass is 35.5. The number of nitrogens with zero attached hydrogens (tertiary/aromatic N) is 1. The maximum atomic E-state index is 5.77. The van der Waals surface area contributed by atoms with Crippen LogP contribution in [0.4, 0.5) is 5.69 Å². The molecule has 84 valence electrons. The lowest BCUT2D eigenvalue weighted by molar-refractivity contribution is 0.141. The first-order valence-corrected chi connectivity index (χ1v) is 5.48. The Kier molecular flexibility index (Phi) is 4.85. The Bertz CT molecular complexity index is 317. The van der Waals surface area contributed by atoms with Crippen molar-refractivity contribution in [2.24, 2.45) is 0 Å². The lowest BCUT2D eigenvalue weighted by atomic mass is 10.2. The zero-order valence-corrected chi connectivity index (χ0v) is 10.1. The van der Waals surface area contributed by atoms with Gasteiger partial charge >= 0.3 is 0 Å². The largest absolute Gasteiger partial charge is 0.380 e. The van der Waals surface area contributed by atoms with E-state index in [0.29, 0.717) is 11.8 Å². The molecule has 0 amide bonds. The van der Waals surface area contributed by atoms with E-state index in [9.17, 15) is 0 Å². The Morgan fingerprint density at radius 2 is 2.27 bits per heavy atom. The zero-order valence-electron chi connectivity index (χ0n) is 9.38. The van der Waals surface area contributed by atoms with Crippen LogP contribution in [0.1, 0.15) is 19.5 Å². The van der Waals surface area contributed by atoms with Gasteiger partial charge in [-0.1, -0.05) is 11.6 Å². The van der Waals surface area contributed by atoms with Crippen molar-refractivity contribution in [3.8, 4) is 0 Å². The zero-order chi connectivity index (χ0) is 11.3. The summed E-state index contributed by atoms with van der Waals surface area (Å²) in [5, 5.41) is 3.85. The van der Waals surface area contributed by atoms with E-state index in [1.165, 1.54) is 0 Å². The van der Waals surface area contributed by atoms with Crippen LogP contribution < -0.4 is 5.32 Å². The topological polar surface area (TPSA) is 34.1 Å². The summed E-state index contributed by atoms with van der Waals surface area (Å²) in [5.41, 5.74) is 1.91. The normalized spacial score (nSPS) is 12.5. The Balaban J connectivity index is 2.56. The molecule has 0 aliphatic rings. The minimum atomic E-state index is 0.270. The molecule has 15 heavy (non-hydrogen) atoms. The van der Waals surface area contributed by atoms with Crippen molar-refractivity contribution in [2.45, 2.75) is 26.8 Å². The molecule has 0 aromatic carbocycles. The fraction of sp³-hybridized carbons (Fsp3) is 0.545. The van der Waals surface area contributed by atoms with Crippen LogP contribution in [-0.2, 0) is 4.74 Å². The molecule has 3 nitrogen and oxygen atoms in total. The number of aryl methyl sites for hydroxylation is 1. The molecule has 1 unspecified atom stereocenters. The molecule has 1 rings (SSSR count). The molecule has 1 aromatic heterocycles. The fourth-order valence-corrected chi connectivity index (χ4v) is 1.47. The standard InChI is InChI=1S/C11H17ClN2O/c1-4-15-7-8(2)13-10-5-6-11(12)14-9(10)3/h5-6,8,13H,4,7H2,1-3H3. The van der Waals surface area contributed by atoms with E-state index in [-0.39, 0.29) is 6.04 Å². The first-order chi connectivity index (χ1) is 7.13. The van der Waals surface area contributed by atoms with E-state index < -0.39 is 0 Å². The Morgan fingerprint density at radius 3 is 2.87 bits per heavy atom. The van der Waals surface area contributed by atoms with Crippen molar-refractivity contribution < 1.29 is 4.74 Å². The number of halogens is 1. The fourth-order valence-electron chi connectivity index (χ4n) is 1.28. The third kappa shape index (κ3) is 4.06. The van der Waals surface area contributed by atoms with Gasteiger partial charge in [0.2, 0.25) is 0 Å². The first-order valence-electron chi connectivity index (χ1n) is 5.11. The van der Waals surface area contributed by atoms with Crippen LogP contribution in [-0.4, -0.2) is 24.2 Å². The summed E-state index contributed by atoms with van der Waals surface area (Å²) in [4.78, 5) is 4.17. The quantitative estimate of drug-likeness (QED) is 0.787. The summed E-state index contributed by atoms with van der Waals surface area (Å²) in [6, 6.07) is 3.99. The van der Waals surface area contributed by atoms with Crippen LogP contribution in [0.2, 0.25) is 5.15 Å². The number of ether oxygens (including phenoxy) is 1. The van der Waals surface area contributed by atoms with Gasteiger partial charge in [0, 0.05) is 12.6 Å². The minimum absolute atomic E-state index is 0.270. The van der Waals surface area contributed by atoms with Crippen molar-refractivity contribution >= 4 is 17.3 Å². The predicted molar refractivity (Wildman–Crippen MR) is 63.6 cm³/mol. The van der Waals surface area contributed by atoms with Gasteiger partial charge in [-0.3, -0.25) is 0 Å². The Morgan fingerprint density at radius 1 is 1.53 bits per heavy atom. The van der Waals surface area contributed by atoms with E-state index in [4.69, 9.17) is 16.3 Å². The van der Waals surface area contributed by atoms with Crippen LogP contribution in [0.15, 0.2) is 12.1 Å². The van der Waals surface area contributed by atoms with E-state index in [0.717, 1.165) is 18.0 Å². The predicted octanol–water partition coefficient (Wildman–Crippen LogP) is 2.88. The monoisotopic (exact) mass is 228 g/mol. The average molecular weight is 229 g/mol. The van der Waals surface area contributed by atoms with Crippen LogP contribution in [0.25, 0.3) is 0 Å². The van der Waals surface area contributed by atoms with Crippen molar-refractivity contribution in [3.05, 3.63) is 23.0 Å². The van der Waals surface area contributed by atoms with E-state index in [1.807, 2.05) is 19.9 Å². The highest BCUT2D eigenvalue weighted by Gasteiger charge is 2.05. The molecule has 1 heterocycles. The van der Waals surface area contributed by atoms with E-state index in [2.05, 4.69) is 17.2 Å². The highest BCUT2D eigenvalue weighted by molar-refractivity contribution is 6.29. The van der Waals surface area contributed by atoms with Crippen molar-refractivity contribution in [3.63, 3.8) is 0 Å². The molecule has 1 atom stereocenters. The van der Waals surface area contributed by atoms with Gasteiger partial charge in [-0.25, -0.2) is 4.98 Å². The molecule has 0 saturated carbocycles. The lowest BCUT2D eigenvalue weighted by Gasteiger charge is -2.16. The van der Waals surface area contributed by atoms with Gasteiger partial charge in [0.1, 0.15) is 5.15 Å². The molecule has 0 aliphatic heterocycles. The second kappa shape index (κ2) is 5.93. The molecule has 1 aromatic rings. The third-order valence-corrected chi connectivity index (χ3v) is 2.24. The lowest BCUT2D eigenvalue weighted by Crippen LogP contribution is -2.22. The summed E-state index contributed by atoms with van der Waals surface area (Å²) in [5.74, 6) is 0. The van der Waals surface area contributed by atoms with Gasteiger partial charge in [0.25, 0.3) is 0 Å². The summed E-state index contributed by atoms with van der Waals surface area (Å²) < 4.78 is 5.32. The number of hydrogen-bond donors (Lipinski definition) is 1. The Hall–Kier alpha value is -0.800. The maximum Gasteiger partial charge on any atom is 0.129 e. The number of nitrogens with one attached hydrogen (secondary N) is 1. The number of anilines is 1. The third-order valence-electron chi connectivity index (χ3n) is 2.03. The smallest absolute Gasteiger partial charge is 0.129 e. The summed E-state index contributed by atoms with van der Waals surface area (Å²) in [6.07, 6.45) is 0. The van der Waals surface area contributed by atoms with Gasteiger partial charge < -0.3 is 10.1 Å². The van der Waals surface area contributed by atoms with Gasteiger partial charge in [-0.2, -0.15) is 0 Å². The van der Waals surface area contributed by atoms with Gasteiger partial charge in [0.05, 0.1) is 18.0 Å². The molecule has 0 saturated heterocycles. The van der Waals surface area contributed by atoms with Crippen molar-refractivity contribution in [1.29, 1.82) is 0 Å². The van der Waals surface area contributed by atoms with Gasteiger partial charge in [-0.15, -0.1) is 0 Å². The molecule has 1 N–H and O–H groups in total. The summed E-state index contributed by atoms with van der Waals surface area (Å²) in [7, 11) is 0. The molecule has 0 spiro atoms. The number of hydrogen-bond acceptors (Lipinski definition) is 3. The summed E-state index contributed by atoms with van der Waals surface area (Å²) >= 11 is 5.77. The molecule has 0 bridgehead atoms. The molecular formula is C11H17ClN2O. The van der Waals surface area contributed by atoms with Crippen LogP contribution >= 0.6 is 11.6 Å². The summed E-state index contributed by atoms with van der Waals surface area (Å²) in [6.45, 7) is 7.43. The van der Waals surface area contributed by atoms with Gasteiger partial charge in [-0.05, 0) is 32.9 Å². The average Bonchev–Trinajstić information content (AvgIpc) is 2.19. The second-order valence-corrected chi connectivity index (χ2v) is 3.86. The number of rotatable bonds is 5. The highest BCUT2D eigenvalue weighted by Crippen LogP contribution is 2.16.